The Morgan fingerprint density at radius 2 is 2.04 bits per heavy atom. The van der Waals surface area contributed by atoms with E-state index in [1.54, 1.807) is 20.0 Å². The van der Waals surface area contributed by atoms with Gasteiger partial charge in [-0.25, -0.2) is 0 Å². The second kappa shape index (κ2) is 10.1. The predicted octanol–water partition coefficient (Wildman–Crippen LogP) is 1.66. The monoisotopic (exact) mass is 378 g/mol. The van der Waals surface area contributed by atoms with Crippen LogP contribution in [0.15, 0.2) is 10.6 Å². The van der Waals surface area contributed by atoms with Crippen LogP contribution in [0.4, 0.5) is 0 Å². The molecule has 1 atom stereocenters. The SMILES string of the molecule is Cc1cc(CN(C)C(=O)[C@@H](CCC(N)=O)NC(=O)CCC2CCCC2)no1. The van der Waals surface area contributed by atoms with Gasteiger partial charge in [-0.2, -0.15) is 0 Å². The van der Waals surface area contributed by atoms with Gasteiger partial charge in [0.05, 0.1) is 6.54 Å². The highest BCUT2D eigenvalue weighted by atomic mass is 16.5. The van der Waals surface area contributed by atoms with Crippen molar-refractivity contribution in [3.63, 3.8) is 0 Å². The van der Waals surface area contributed by atoms with Crippen LogP contribution in [0.5, 0.6) is 0 Å². The third-order valence-corrected chi connectivity index (χ3v) is 5.02. The van der Waals surface area contributed by atoms with Crippen LogP contribution in [0.2, 0.25) is 0 Å². The van der Waals surface area contributed by atoms with Crippen LogP contribution in [0, 0.1) is 12.8 Å². The van der Waals surface area contributed by atoms with Crippen molar-refractivity contribution < 1.29 is 18.9 Å². The van der Waals surface area contributed by atoms with E-state index in [0.29, 0.717) is 23.8 Å². The molecule has 2 rings (SSSR count). The summed E-state index contributed by atoms with van der Waals surface area (Å²) < 4.78 is 5.01. The van der Waals surface area contributed by atoms with Crippen LogP contribution in [0.25, 0.3) is 0 Å². The molecular formula is C19H30N4O4. The molecule has 1 aliphatic carbocycles. The lowest BCUT2D eigenvalue weighted by Gasteiger charge is -2.24. The maximum atomic E-state index is 12.8. The van der Waals surface area contributed by atoms with Crippen molar-refractivity contribution in [1.29, 1.82) is 0 Å². The molecule has 0 spiro atoms. The van der Waals surface area contributed by atoms with E-state index in [1.807, 2.05) is 0 Å². The Balaban J connectivity index is 1.90. The van der Waals surface area contributed by atoms with Gasteiger partial charge in [0.1, 0.15) is 17.5 Å². The van der Waals surface area contributed by atoms with Gasteiger partial charge in [0.2, 0.25) is 17.7 Å². The lowest BCUT2D eigenvalue weighted by atomic mass is 10.0. The van der Waals surface area contributed by atoms with Gasteiger partial charge in [0, 0.05) is 26.0 Å². The maximum Gasteiger partial charge on any atom is 0.245 e. The smallest absolute Gasteiger partial charge is 0.245 e. The van der Waals surface area contributed by atoms with Crippen molar-refractivity contribution in [1.82, 2.24) is 15.4 Å². The zero-order valence-electron chi connectivity index (χ0n) is 16.2. The molecule has 1 aliphatic rings. The highest BCUT2D eigenvalue weighted by Gasteiger charge is 2.25. The van der Waals surface area contributed by atoms with E-state index in [-0.39, 0.29) is 31.2 Å². The summed E-state index contributed by atoms with van der Waals surface area (Å²) in [5, 5.41) is 6.66. The quantitative estimate of drug-likeness (QED) is 0.642. The third kappa shape index (κ3) is 7.03. The van der Waals surface area contributed by atoms with Gasteiger partial charge in [-0.05, 0) is 25.7 Å². The number of carbonyl (C=O) groups is 3. The number of hydrogen-bond acceptors (Lipinski definition) is 5. The van der Waals surface area contributed by atoms with Gasteiger partial charge in [0.25, 0.3) is 0 Å². The first kappa shape index (κ1) is 20.9. The molecule has 150 valence electrons. The van der Waals surface area contributed by atoms with Gasteiger partial charge in [-0.15, -0.1) is 0 Å². The lowest BCUT2D eigenvalue weighted by Crippen LogP contribution is -2.47. The summed E-state index contributed by atoms with van der Waals surface area (Å²) in [6.45, 7) is 2.04. The Hall–Kier alpha value is -2.38. The molecule has 8 nitrogen and oxygen atoms in total. The minimum absolute atomic E-state index is 0.0379. The number of carbonyl (C=O) groups excluding carboxylic acids is 3. The fourth-order valence-electron chi connectivity index (χ4n) is 3.52. The van der Waals surface area contributed by atoms with E-state index in [2.05, 4.69) is 10.5 Å². The molecule has 3 N–H and O–H groups in total. The average molecular weight is 378 g/mol. The number of aryl methyl sites for hydroxylation is 1. The lowest BCUT2D eigenvalue weighted by molar-refractivity contribution is -0.136. The molecule has 0 aliphatic heterocycles. The van der Waals surface area contributed by atoms with Crippen molar-refractivity contribution >= 4 is 17.7 Å². The molecule has 0 radical (unpaired) electrons. The number of primary amides is 1. The molecular weight excluding hydrogens is 348 g/mol. The molecule has 1 aromatic heterocycles. The fraction of sp³-hybridized carbons (Fsp3) is 0.684. The number of nitrogens with one attached hydrogen (secondary N) is 1. The minimum Gasteiger partial charge on any atom is -0.370 e. The zero-order chi connectivity index (χ0) is 19.8. The summed E-state index contributed by atoms with van der Waals surface area (Å²) in [5.74, 6) is 0.342. The van der Waals surface area contributed by atoms with Crippen LogP contribution < -0.4 is 11.1 Å². The van der Waals surface area contributed by atoms with E-state index in [0.717, 1.165) is 6.42 Å². The Bertz CT molecular complexity index is 652. The Morgan fingerprint density at radius 3 is 2.63 bits per heavy atom. The summed E-state index contributed by atoms with van der Waals surface area (Å²) in [7, 11) is 1.63. The number of rotatable bonds is 10. The molecule has 8 heteroatoms. The van der Waals surface area contributed by atoms with E-state index >= 15 is 0 Å². The maximum absolute atomic E-state index is 12.8. The van der Waals surface area contributed by atoms with Crippen molar-refractivity contribution in [3.8, 4) is 0 Å². The molecule has 1 aromatic rings. The van der Waals surface area contributed by atoms with Crippen LogP contribution in [0.3, 0.4) is 0 Å². The van der Waals surface area contributed by atoms with E-state index in [1.165, 1.54) is 30.6 Å². The van der Waals surface area contributed by atoms with Gasteiger partial charge in [-0.3, -0.25) is 14.4 Å². The normalized spacial score (nSPS) is 15.5. The van der Waals surface area contributed by atoms with Gasteiger partial charge in [-0.1, -0.05) is 30.8 Å². The number of amides is 3. The summed E-state index contributed by atoms with van der Waals surface area (Å²) in [5.41, 5.74) is 5.85. The molecule has 3 amide bonds. The summed E-state index contributed by atoms with van der Waals surface area (Å²) >= 11 is 0. The molecule has 27 heavy (non-hydrogen) atoms. The molecule has 1 fully saturated rings. The van der Waals surface area contributed by atoms with Crippen LogP contribution in [-0.2, 0) is 20.9 Å². The Kier molecular flexibility index (Phi) is 7.82. The largest absolute Gasteiger partial charge is 0.370 e. The number of likely N-dealkylation sites (N-methyl/N-ethyl adjacent to an activating group) is 1. The van der Waals surface area contributed by atoms with Crippen LogP contribution in [0.1, 0.15) is 62.8 Å². The van der Waals surface area contributed by atoms with E-state index in [9.17, 15) is 14.4 Å². The number of nitrogens with two attached hydrogens (primary N) is 1. The number of aromatic nitrogens is 1. The highest BCUT2D eigenvalue weighted by molar-refractivity contribution is 5.88. The summed E-state index contributed by atoms with van der Waals surface area (Å²) in [6, 6.07) is 0.981. The van der Waals surface area contributed by atoms with Gasteiger partial charge >= 0.3 is 0 Å². The Labute approximate surface area is 159 Å². The fourth-order valence-corrected chi connectivity index (χ4v) is 3.52. The van der Waals surface area contributed by atoms with E-state index in [4.69, 9.17) is 10.3 Å². The van der Waals surface area contributed by atoms with Crippen molar-refractivity contribution in [2.45, 2.75) is 70.9 Å². The third-order valence-electron chi connectivity index (χ3n) is 5.02. The topological polar surface area (TPSA) is 119 Å². The van der Waals surface area contributed by atoms with Crippen LogP contribution in [-0.4, -0.2) is 40.9 Å². The number of nitrogens with zero attached hydrogens (tertiary/aromatic N) is 2. The minimum atomic E-state index is -0.772. The standard InChI is InChI=1S/C19H30N4O4/c1-13-11-15(22-27-13)12-23(2)19(26)16(8-9-17(20)24)21-18(25)10-7-14-5-3-4-6-14/h11,14,16H,3-10,12H2,1-2H3,(H2,20,24)(H,21,25)/t16-/m1/s1. The average Bonchev–Trinajstić information content (AvgIpc) is 3.27. The molecule has 0 saturated heterocycles. The summed E-state index contributed by atoms with van der Waals surface area (Å²) in [6.07, 6.45) is 6.29. The molecule has 0 bridgehead atoms. The van der Waals surface area contributed by atoms with Crippen molar-refractivity contribution in [3.05, 3.63) is 17.5 Å². The second-order valence-electron chi connectivity index (χ2n) is 7.44. The summed E-state index contributed by atoms with van der Waals surface area (Å²) in [4.78, 5) is 37.7. The predicted molar refractivity (Wildman–Crippen MR) is 99.3 cm³/mol. The first-order chi connectivity index (χ1) is 12.8. The molecule has 1 saturated carbocycles. The molecule has 0 unspecified atom stereocenters. The van der Waals surface area contributed by atoms with Crippen LogP contribution >= 0.6 is 0 Å². The van der Waals surface area contributed by atoms with Crippen molar-refractivity contribution in [2.24, 2.45) is 11.7 Å². The first-order valence-electron chi connectivity index (χ1n) is 9.60. The highest BCUT2D eigenvalue weighted by Crippen LogP contribution is 2.28. The van der Waals surface area contributed by atoms with Crippen molar-refractivity contribution in [2.75, 3.05) is 7.05 Å². The zero-order valence-corrected chi connectivity index (χ0v) is 16.2. The Morgan fingerprint density at radius 1 is 1.33 bits per heavy atom. The van der Waals surface area contributed by atoms with Gasteiger partial charge < -0.3 is 20.5 Å². The molecule has 1 heterocycles. The van der Waals surface area contributed by atoms with E-state index < -0.39 is 11.9 Å². The second-order valence-corrected chi connectivity index (χ2v) is 7.44. The van der Waals surface area contributed by atoms with Gasteiger partial charge in [0.15, 0.2) is 0 Å². The number of hydrogen-bond donors (Lipinski definition) is 2. The molecule has 0 aromatic carbocycles. The first-order valence-corrected chi connectivity index (χ1v) is 9.60.